The van der Waals surface area contributed by atoms with Crippen LogP contribution in [0.15, 0.2) is 42.7 Å². The summed E-state index contributed by atoms with van der Waals surface area (Å²) in [6.07, 6.45) is 4.10. The van der Waals surface area contributed by atoms with Crippen LogP contribution in [0.5, 0.6) is 0 Å². The first kappa shape index (κ1) is 16.9. The molecule has 2 N–H and O–H groups in total. The number of aryl methyl sites for hydroxylation is 1. The number of nitrogens with zero attached hydrogens (tertiary/aromatic N) is 2. The van der Waals surface area contributed by atoms with E-state index in [1.165, 1.54) is 12.3 Å². The molecule has 1 aromatic heterocycles. The molecule has 0 spiro atoms. The fourth-order valence-corrected chi connectivity index (χ4v) is 2.97. The number of para-hydroxylation sites is 1. The van der Waals surface area contributed by atoms with Crippen molar-refractivity contribution >= 4 is 17.7 Å². The van der Waals surface area contributed by atoms with Crippen molar-refractivity contribution in [3.8, 4) is 0 Å². The number of urea groups is 1. The van der Waals surface area contributed by atoms with E-state index in [1.54, 1.807) is 4.90 Å². The largest absolute Gasteiger partial charge is 0.480 e. The summed E-state index contributed by atoms with van der Waals surface area (Å²) < 4.78 is 13.2. The van der Waals surface area contributed by atoms with Crippen LogP contribution in [0, 0.1) is 5.82 Å². The number of pyridine rings is 1. The molecule has 0 saturated heterocycles. The van der Waals surface area contributed by atoms with Gasteiger partial charge in [-0.25, -0.2) is 14.0 Å². The Kier molecular flexibility index (Phi) is 4.92. The number of hydrogen-bond donors (Lipinski definition) is 2. The first-order valence-corrected chi connectivity index (χ1v) is 8.03. The highest BCUT2D eigenvalue weighted by atomic mass is 19.1. The van der Waals surface area contributed by atoms with E-state index in [4.69, 9.17) is 0 Å². The molecule has 1 atom stereocenters. The topological polar surface area (TPSA) is 82.5 Å². The number of carbonyl (C=O) groups is 2. The van der Waals surface area contributed by atoms with Gasteiger partial charge in [-0.05, 0) is 36.1 Å². The Morgan fingerprint density at radius 2 is 2.12 bits per heavy atom. The maximum Gasteiger partial charge on any atom is 0.326 e. The van der Waals surface area contributed by atoms with Crippen LogP contribution in [-0.2, 0) is 17.6 Å². The molecule has 3 rings (SSSR count). The highest BCUT2D eigenvalue weighted by Gasteiger charge is 2.27. The van der Waals surface area contributed by atoms with E-state index in [1.807, 2.05) is 24.3 Å². The third-order valence-electron chi connectivity index (χ3n) is 4.15. The van der Waals surface area contributed by atoms with Gasteiger partial charge in [0.2, 0.25) is 0 Å². The molecule has 6 nitrogen and oxygen atoms in total. The first-order valence-electron chi connectivity index (χ1n) is 8.03. The van der Waals surface area contributed by atoms with Crippen molar-refractivity contribution in [2.24, 2.45) is 0 Å². The maximum atomic E-state index is 13.2. The summed E-state index contributed by atoms with van der Waals surface area (Å²) in [5, 5.41) is 11.9. The Bertz CT molecular complexity index is 797. The predicted molar refractivity (Wildman–Crippen MR) is 90.0 cm³/mol. The Morgan fingerprint density at radius 3 is 2.88 bits per heavy atom. The zero-order valence-corrected chi connectivity index (χ0v) is 13.5. The van der Waals surface area contributed by atoms with Crippen molar-refractivity contribution in [3.05, 3.63) is 59.7 Å². The number of aromatic nitrogens is 1. The molecular weight excluding hydrogens is 325 g/mol. The zero-order valence-electron chi connectivity index (χ0n) is 13.5. The molecule has 130 valence electrons. The molecule has 0 radical (unpaired) electrons. The molecule has 2 aromatic rings. The minimum absolute atomic E-state index is 0.0404. The number of fused-ring (bicyclic) bond motifs is 1. The summed E-state index contributed by atoms with van der Waals surface area (Å²) in [4.78, 5) is 29.4. The van der Waals surface area contributed by atoms with E-state index in [0.29, 0.717) is 12.1 Å². The molecule has 2 heterocycles. The van der Waals surface area contributed by atoms with Gasteiger partial charge in [0.25, 0.3) is 0 Å². The summed E-state index contributed by atoms with van der Waals surface area (Å²) in [5.74, 6) is -1.72. The third-order valence-corrected chi connectivity index (χ3v) is 4.15. The smallest absolute Gasteiger partial charge is 0.326 e. The summed E-state index contributed by atoms with van der Waals surface area (Å²) in [5.41, 5.74) is 2.26. The van der Waals surface area contributed by atoms with Crippen LogP contribution in [0.4, 0.5) is 14.9 Å². The van der Waals surface area contributed by atoms with Crippen molar-refractivity contribution in [1.29, 1.82) is 0 Å². The van der Waals surface area contributed by atoms with Gasteiger partial charge in [0.15, 0.2) is 0 Å². The molecule has 1 aliphatic rings. The number of amides is 2. The fraction of sp³-hybridized carbons (Fsp3) is 0.278. The van der Waals surface area contributed by atoms with Crippen LogP contribution < -0.4 is 10.2 Å². The van der Waals surface area contributed by atoms with E-state index in [2.05, 4.69) is 10.3 Å². The average molecular weight is 343 g/mol. The number of anilines is 1. The molecule has 0 fully saturated rings. The molecule has 7 heteroatoms. The number of carboxylic acid groups (broad SMARTS) is 1. The number of hydrogen-bond acceptors (Lipinski definition) is 3. The van der Waals surface area contributed by atoms with Gasteiger partial charge in [-0.2, -0.15) is 0 Å². The third kappa shape index (κ3) is 3.93. The normalized spacial score (nSPS) is 14.5. The van der Waals surface area contributed by atoms with Gasteiger partial charge in [-0.1, -0.05) is 18.2 Å². The quantitative estimate of drug-likeness (QED) is 0.893. The van der Waals surface area contributed by atoms with Crippen molar-refractivity contribution in [3.63, 3.8) is 0 Å². The van der Waals surface area contributed by atoms with Crippen molar-refractivity contribution in [2.75, 3.05) is 11.4 Å². The number of aliphatic carboxylic acids is 1. The molecule has 1 aromatic carbocycles. The second-order valence-electron chi connectivity index (χ2n) is 5.94. The molecule has 0 saturated carbocycles. The van der Waals surface area contributed by atoms with E-state index >= 15 is 0 Å². The minimum Gasteiger partial charge on any atom is -0.480 e. The number of carboxylic acids is 1. The van der Waals surface area contributed by atoms with Gasteiger partial charge >= 0.3 is 12.0 Å². The number of nitrogens with one attached hydrogen (secondary N) is 1. The van der Waals surface area contributed by atoms with Crippen LogP contribution in [0.25, 0.3) is 0 Å². The molecule has 2 amide bonds. The van der Waals surface area contributed by atoms with E-state index in [9.17, 15) is 19.1 Å². The van der Waals surface area contributed by atoms with Gasteiger partial charge in [-0.3, -0.25) is 9.88 Å². The Labute approximate surface area is 144 Å². The lowest BCUT2D eigenvalue weighted by Gasteiger charge is -2.30. The SMILES string of the molecule is O=C(O)C(Cc1cncc(F)c1)NC(=O)N1CCCc2ccccc21. The minimum atomic E-state index is -1.18. The van der Waals surface area contributed by atoms with Gasteiger partial charge in [0, 0.05) is 24.8 Å². The van der Waals surface area contributed by atoms with Crippen LogP contribution in [0.1, 0.15) is 17.5 Å². The Hall–Kier alpha value is -2.96. The van der Waals surface area contributed by atoms with Gasteiger partial charge in [0.1, 0.15) is 11.9 Å². The van der Waals surface area contributed by atoms with Gasteiger partial charge < -0.3 is 10.4 Å². The lowest BCUT2D eigenvalue weighted by molar-refractivity contribution is -0.139. The highest BCUT2D eigenvalue weighted by Crippen LogP contribution is 2.26. The summed E-state index contributed by atoms with van der Waals surface area (Å²) in [6.45, 7) is 0.525. The molecule has 25 heavy (non-hydrogen) atoms. The number of benzene rings is 1. The van der Waals surface area contributed by atoms with Crippen molar-refractivity contribution in [1.82, 2.24) is 10.3 Å². The Balaban J connectivity index is 1.75. The predicted octanol–water partition coefficient (Wildman–Crippen LogP) is 2.38. The lowest BCUT2D eigenvalue weighted by Crippen LogP contribution is -2.50. The number of rotatable bonds is 4. The number of carbonyl (C=O) groups excluding carboxylic acids is 1. The summed E-state index contributed by atoms with van der Waals surface area (Å²) in [6, 6.07) is 7.15. The number of halogens is 1. The van der Waals surface area contributed by atoms with Crippen LogP contribution in [0.3, 0.4) is 0 Å². The zero-order chi connectivity index (χ0) is 17.8. The van der Waals surface area contributed by atoms with E-state index < -0.39 is 23.9 Å². The summed E-state index contributed by atoms with van der Waals surface area (Å²) in [7, 11) is 0. The van der Waals surface area contributed by atoms with Gasteiger partial charge in [0.05, 0.1) is 6.20 Å². The highest BCUT2D eigenvalue weighted by molar-refractivity contribution is 5.95. The monoisotopic (exact) mass is 343 g/mol. The molecule has 1 aliphatic heterocycles. The fourth-order valence-electron chi connectivity index (χ4n) is 2.97. The van der Waals surface area contributed by atoms with Crippen molar-refractivity contribution < 1.29 is 19.1 Å². The second kappa shape index (κ2) is 7.29. The molecule has 0 aliphatic carbocycles. The van der Waals surface area contributed by atoms with E-state index in [0.717, 1.165) is 30.3 Å². The van der Waals surface area contributed by atoms with Crippen LogP contribution in [0.2, 0.25) is 0 Å². The standard InChI is InChI=1S/C18H18FN3O3/c19-14-8-12(10-20-11-14)9-15(17(23)24)21-18(25)22-7-3-5-13-4-1-2-6-16(13)22/h1-2,4,6,8,10-11,15H,3,5,7,9H2,(H,21,25)(H,23,24). The molecule has 0 bridgehead atoms. The van der Waals surface area contributed by atoms with Crippen LogP contribution >= 0.6 is 0 Å². The molecule has 1 unspecified atom stereocenters. The van der Waals surface area contributed by atoms with Gasteiger partial charge in [-0.15, -0.1) is 0 Å². The summed E-state index contributed by atoms with van der Waals surface area (Å²) >= 11 is 0. The average Bonchev–Trinajstić information content (AvgIpc) is 2.60. The van der Waals surface area contributed by atoms with E-state index in [-0.39, 0.29) is 6.42 Å². The Morgan fingerprint density at radius 1 is 1.32 bits per heavy atom. The van der Waals surface area contributed by atoms with Crippen LogP contribution in [-0.4, -0.2) is 34.7 Å². The molecular formula is C18H18FN3O3. The second-order valence-corrected chi connectivity index (χ2v) is 5.94. The lowest BCUT2D eigenvalue weighted by atomic mass is 10.0. The first-order chi connectivity index (χ1) is 12.0. The maximum absolute atomic E-state index is 13.2. The van der Waals surface area contributed by atoms with Crippen molar-refractivity contribution in [2.45, 2.75) is 25.3 Å².